The van der Waals surface area contributed by atoms with Crippen molar-refractivity contribution in [2.75, 3.05) is 10.2 Å². The molecule has 1 fully saturated rings. The Kier molecular flexibility index (Phi) is 3.88. The van der Waals surface area contributed by atoms with Crippen molar-refractivity contribution in [3.8, 4) is 0 Å². The Morgan fingerprint density at radius 3 is 2.33 bits per heavy atom. The van der Waals surface area contributed by atoms with E-state index in [1.165, 1.54) is 0 Å². The number of carbonyl (C=O) groups excluding carboxylic acids is 1. The van der Waals surface area contributed by atoms with Crippen molar-refractivity contribution in [3.63, 3.8) is 0 Å². The fraction of sp³-hybridized carbons (Fsp3) is 0.235. The van der Waals surface area contributed by atoms with E-state index >= 15 is 0 Å². The number of nitrogens with one attached hydrogen (secondary N) is 1. The number of benzene rings is 2. The van der Waals surface area contributed by atoms with Gasteiger partial charge in [-0.15, -0.1) is 0 Å². The number of hydrogen-bond donors (Lipinski definition) is 2. The Bertz CT molecular complexity index is 606. The molecule has 108 valence electrons. The van der Waals surface area contributed by atoms with Crippen molar-refractivity contribution in [2.24, 2.45) is 5.73 Å². The number of nitrogens with zero attached hydrogens (tertiary/aromatic N) is 1. The first kappa shape index (κ1) is 13.6. The zero-order chi connectivity index (χ0) is 14.7. The lowest BCUT2D eigenvalue weighted by atomic mass is 10.2. The summed E-state index contributed by atoms with van der Waals surface area (Å²) in [6, 6.07) is 17.6. The van der Waals surface area contributed by atoms with E-state index in [1.807, 2.05) is 59.5 Å². The Labute approximate surface area is 124 Å². The molecular weight excluding hydrogens is 262 g/mol. The second-order valence-corrected chi connectivity index (χ2v) is 5.27. The third kappa shape index (κ3) is 3.23. The van der Waals surface area contributed by atoms with Crippen molar-refractivity contribution in [3.05, 3.63) is 60.2 Å². The minimum atomic E-state index is -0.0794. The second kappa shape index (κ2) is 5.97. The summed E-state index contributed by atoms with van der Waals surface area (Å²) in [5, 5.41) is 2.95. The maximum absolute atomic E-state index is 12.5. The van der Waals surface area contributed by atoms with E-state index in [0.717, 1.165) is 29.8 Å². The molecule has 0 aromatic heterocycles. The number of anilines is 2. The average Bonchev–Trinajstić information content (AvgIpc) is 3.34. The van der Waals surface area contributed by atoms with Gasteiger partial charge < -0.3 is 11.1 Å². The van der Waals surface area contributed by atoms with E-state index in [1.54, 1.807) is 0 Å². The van der Waals surface area contributed by atoms with E-state index in [2.05, 4.69) is 5.32 Å². The number of rotatable bonds is 4. The van der Waals surface area contributed by atoms with Gasteiger partial charge in [0.05, 0.1) is 0 Å². The van der Waals surface area contributed by atoms with Gasteiger partial charge in [-0.2, -0.15) is 0 Å². The largest absolute Gasteiger partial charge is 0.326 e. The van der Waals surface area contributed by atoms with E-state index in [-0.39, 0.29) is 6.03 Å². The average molecular weight is 281 g/mol. The summed E-state index contributed by atoms with van der Waals surface area (Å²) in [6.07, 6.45) is 2.11. The zero-order valence-corrected chi connectivity index (χ0v) is 11.8. The van der Waals surface area contributed by atoms with Crippen LogP contribution in [0.5, 0.6) is 0 Å². The van der Waals surface area contributed by atoms with E-state index in [4.69, 9.17) is 5.73 Å². The van der Waals surface area contributed by atoms with Gasteiger partial charge in [0.1, 0.15) is 0 Å². The molecule has 2 aromatic rings. The molecule has 1 aliphatic rings. The van der Waals surface area contributed by atoms with Crippen LogP contribution in [0.4, 0.5) is 16.2 Å². The van der Waals surface area contributed by atoms with Crippen molar-refractivity contribution in [2.45, 2.75) is 25.4 Å². The van der Waals surface area contributed by atoms with E-state index in [9.17, 15) is 4.79 Å². The normalized spacial score (nSPS) is 13.8. The van der Waals surface area contributed by atoms with Gasteiger partial charge in [0, 0.05) is 24.0 Å². The molecule has 0 atom stereocenters. The summed E-state index contributed by atoms with van der Waals surface area (Å²) in [5.74, 6) is 0. The van der Waals surface area contributed by atoms with Crippen LogP contribution in [0.1, 0.15) is 18.4 Å². The standard InChI is InChI=1S/C17H19N3O/c18-12-13-6-8-15(9-7-13)20(16-10-11-16)17(21)19-14-4-2-1-3-5-14/h1-9,16H,10-12,18H2,(H,19,21). The predicted molar refractivity (Wildman–Crippen MR) is 85.3 cm³/mol. The van der Waals surface area contributed by atoms with Gasteiger partial charge in [-0.25, -0.2) is 4.79 Å². The zero-order valence-electron chi connectivity index (χ0n) is 11.8. The number of hydrogen-bond acceptors (Lipinski definition) is 2. The molecule has 3 N–H and O–H groups in total. The first-order valence-electron chi connectivity index (χ1n) is 7.22. The first-order chi connectivity index (χ1) is 10.3. The fourth-order valence-electron chi connectivity index (χ4n) is 2.32. The topological polar surface area (TPSA) is 58.4 Å². The Morgan fingerprint density at radius 1 is 1.10 bits per heavy atom. The fourth-order valence-corrected chi connectivity index (χ4v) is 2.32. The van der Waals surface area contributed by atoms with Gasteiger partial charge in [-0.05, 0) is 42.7 Å². The van der Waals surface area contributed by atoms with Crippen LogP contribution < -0.4 is 16.0 Å². The molecular formula is C17H19N3O. The summed E-state index contributed by atoms with van der Waals surface area (Å²) in [5.41, 5.74) is 8.42. The molecule has 0 heterocycles. The summed E-state index contributed by atoms with van der Waals surface area (Å²) in [4.78, 5) is 14.4. The molecule has 0 saturated heterocycles. The van der Waals surface area contributed by atoms with Crippen LogP contribution in [0.15, 0.2) is 54.6 Å². The molecule has 0 unspecified atom stereocenters. The quantitative estimate of drug-likeness (QED) is 0.903. The highest BCUT2D eigenvalue weighted by Crippen LogP contribution is 2.32. The molecule has 4 heteroatoms. The molecule has 1 saturated carbocycles. The third-order valence-electron chi connectivity index (χ3n) is 3.61. The van der Waals surface area contributed by atoms with Gasteiger partial charge in [0.15, 0.2) is 0 Å². The summed E-state index contributed by atoms with van der Waals surface area (Å²) in [6.45, 7) is 0.514. The second-order valence-electron chi connectivity index (χ2n) is 5.27. The number of nitrogens with two attached hydrogens (primary N) is 1. The molecule has 3 rings (SSSR count). The number of amides is 2. The van der Waals surface area contributed by atoms with Crippen LogP contribution in [0.25, 0.3) is 0 Å². The van der Waals surface area contributed by atoms with Crippen LogP contribution in [0.3, 0.4) is 0 Å². The molecule has 0 radical (unpaired) electrons. The van der Waals surface area contributed by atoms with Gasteiger partial charge >= 0.3 is 6.03 Å². The Hall–Kier alpha value is -2.33. The maximum atomic E-state index is 12.5. The molecule has 0 spiro atoms. The predicted octanol–water partition coefficient (Wildman–Crippen LogP) is 3.35. The van der Waals surface area contributed by atoms with Crippen molar-refractivity contribution in [1.82, 2.24) is 0 Å². The molecule has 0 aliphatic heterocycles. The van der Waals surface area contributed by atoms with Crippen molar-refractivity contribution >= 4 is 17.4 Å². The van der Waals surface area contributed by atoms with Crippen LogP contribution in [-0.4, -0.2) is 12.1 Å². The highest BCUT2D eigenvalue weighted by Gasteiger charge is 2.33. The minimum absolute atomic E-state index is 0.0794. The molecule has 1 aliphatic carbocycles. The van der Waals surface area contributed by atoms with Crippen LogP contribution >= 0.6 is 0 Å². The lowest BCUT2D eigenvalue weighted by Gasteiger charge is -2.23. The summed E-state index contributed by atoms with van der Waals surface area (Å²) < 4.78 is 0. The molecule has 4 nitrogen and oxygen atoms in total. The summed E-state index contributed by atoms with van der Waals surface area (Å²) in [7, 11) is 0. The Morgan fingerprint density at radius 2 is 1.76 bits per heavy atom. The number of urea groups is 1. The molecule has 2 aromatic carbocycles. The van der Waals surface area contributed by atoms with Gasteiger partial charge in [0.2, 0.25) is 0 Å². The van der Waals surface area contributed by atoms with Gasteiger partial charge in [0.25, 0.3) is 0 Å². The van der Waals surface area contributed by atoms with E-state index in [0.29, 0.717) is 12.6 Å². The van der Waals surface area contributed by atoms with Crippen LogP contribution in [-0.2, 0) is 6.54 Å². The maximum Gasteiger partial charge on any atom is 0.326 e. The highest BCUT2D eigenvalue weighted by atomic mass is 16.2. The third-order valence-corrected chi connectivity index (χ3v) is 3.61. The first-order valence-corrected chi connectivity index (χ1v) is 7.22. The Balaban J connectivity index is 1.79. The lowest BCUT2D eigenvalue weighted by molar-refractivity contribution is 0.256. The number of para-hydroxylation sites is 1. The summed E-state index contributed by atoms with van der Waals surface area (Å²) >= 11 is 0. The van der Waals surface area contributed by atoms with Gasteiger partial charge in [-0.1, -0.05) is 30.3 Å². The van der Waals surface area contributed by atoms with Gasteiger partial charge in [-0.3, -0.25) is 4.90 Å². The van der Waals surface area contributed by atoms with E-state index < -0.39 is 0 Å². The smallest absolute Gasteiger partial charge is 0.326 e. The van der Waals surface area contributed by atoms with Crippen LogP contribution in [0.2, 0.25) is 0 Å². The molecule has 21 heavy (non-hydrogen) atoms. The molecule has 2 amide bonds. The number of carbonyl (C=O) groups is 1. The molecule has 0 bridgehead atoms. The lowest BCUT2D eigenvalue weighted by Crippen LogP contribution is -2.36. The van der Waals surface area contributed by atoms with Crippen molar-refractivity contribution in [1.29, 1.82) is 0 Å². The SMILES string of the molecule is NCc1ccc(N(C(=O)Nc2ccccc2)C2CC2)cc1. The van der Waals surface area contributed by atoms with Crippen molar-refractivity contribution < 1.29 is 4.79 Å². The minimum Gasteiger partial charge on any atom is -0.326 e. The van der Waals surface area contributed by atoms with Crippen LogP contribution in [0, 0.1) is 0 Å². The monoisotopic (exact) mass is 281 g/mol. The highest BCUT2D eigenvalue weighted by molar-refractivity contribution is 6.02.